The van der Waals surface area contributed by atoms with E-state index in [4.69, 9.17) is 4.74 Å². The number of hydrogen-bond acceptors (Lipinski definition) is 2. The van der Waals surface area contributed by atoms with E-state index in [1.165, 1.54) is 12.5 Å². The quantitative estimate of drug-likeness (QED) is 0.771. The molecule has 88 valence electrons. The Morgan fingerprint density at radius 1 is 1.50 bits per heavy atom. The van der Waals surface area contributed by atoms with Gasteiger partial charge in [0.25, 0.3) is 0 Å². The molecule has 2 rings (SSSR count). The predicted octanol–water partition coefficient (Wildman–Crippen LogP) is 3.86. The molecule has 0 radical (unpaired) electrons. The molecule has 1 aromatic rings. The van der Waals surface area contributed by atoms with E-state index in [-0.39, 0.29) is 11.9 Å². The minimum Gasteiger partial charge on any atom is -0.487 e. The highest BCUT2D eigenvalue weighted by Gasteiger charge is 2.24. The molecule has 0 bridgehead atoms. The molecule has 0 unspecified atom stereocenters. The molecule has 0 amide bonds. The Hall–Kier alpha value is -0.640. The Labute approximate surface area is 103 Å². The van der Waals surface area contributed by atoms with Crippen LogP contribution in [0, 0.1) is 18.7 Å². The average Bonchev–Trinajstić information content (AvgIpc) is 2.60. The highest BCUT2D eigenvalue weighted by Crippen LogP contribution is 2.32. The van der Waals surface area contributed by atoms with Gasteiger partial charge < -0.3 is 4.74 Å². The standard InChI is InChI=1S/C12H15BrFNO/c1-7-3-4-9(5-7)16-11-6-10(14)8(2)15-12(11)13/h6-7,9H,3-5H2,1-2H3/t7-,9+/m0/s1. The lowest BCUT2D eigenvalue weighted by atomic mass is 10.1. The van der Waals surface area contributed by atoms with Gasteiger partial charge in [-0.3, -0.25) is 0 Å². The number of nitrogens with zero attached hydrogens (tertiary/aromatic N) is 1. The molecule has 1 aliphatic carbocycles. The van der Waals surface area contributed by atoms with Gasteiger partial charge in [0, 0.05) is 6.07 Å². The molecule has 1 saturated carbocycles. The average molecular weight is 288 g/mol. The monoisotopic (exact) mass is 287 g/mol. The molecule has 1 heterocycles. The van der Waals surface area contributed by atoms with Crippen LogP contribution in [0.15, 0.2) is 10.7 Å². The number of aromatic nitrogens is 1. The van der Waals surface area contributed by atoms with Crippen molar-refractivity contribution in [1.82, 2.24) is 4.98 Å². The topological polar surface area (TPSA) is 22.1 Å². The van der Waals surface area contributed by atoms with E-state index in [0.29, 0.717) is 22.0 Å². The fourth-order valence-electron chi connectivity index (χ4n) is 2.06. The van der Waals surface area contributed by atoms with Gasteiger partial charge in [-0.1, -0.05) is 6.92 Å². The Kier molecular flexibility index (Phi) is 3.47. The summed E-state index contributed by atoms with van der Waals surface area (Å²) in [6, 6.07) is 1.41. The van der Waals surface area contributed by atoms with Crippen molar-refractivity contribution in [2.45, 2.75) is 39.2 Å². The van der Waals surface area contributed by atoms with E-state index >= 15 is 0 Å². The van der Waals surface area contributed by atoms with E-state index in [1.54, 1.807) is 6.92 Å². The molecule has 0 aromatic carbocycles. The second-order valence-corrected chi connectivity index (χ2v) is 5.25. The molecule has 1 aliphatic rings. The van der Waals surface area contributed by atoms with Crippen LogP contribution in [0.25, 0.3) is 0 Å². The molecule has 16 heavy (non-hydrogen) atoms. The molecule has 0 spiro atoms. The van der Waals surface area contributed by atoms with Crippen LogP contribution in [0.5, 0.6) is 5.75 Å². The smallest absolute Gasteiger partial charge is 0.155 e. The summed E-state index contributed by atoms with van der Waals surface area (Å²) in [5, 5.41) is 0. The number of aryl methyl sites for hydroxylation is 1. The van der Waals surface area contributed by atoms with Crippen molar-refractivity contribution in [2.24, 2.45) is 5.92 Å². The molecule has 1 fully saturated rings. The molecule has 4 heteroatoms. The fourth-order valence-corrected chi connectivity index (χ4v) is 2.53. The zero-order chi connectivity index (χ0) is 11.7. The number of rotatable bonds is 2. The van der Waals surface area contributed by atoms with Crippen LogP contribution in [0.3, 0.4) is 0 Å². The highest BCUT2D eigenvalue weighted by molar-refractivity contribution is 9.10. The van der Waals surface area contributed by atoms with Gasteiger partial charge in [0.2, 0.25) is 0 Å². The van der Waals surface area contributed by atoms with Crippen molar-refractivity contribution < 1.29 is 9.13 Å². The first-order valence-corrected chi connectivity index (χ1v) is 6.35. The van der Waals surface area contributed by atoms with Gasteiger partial charge in [-0.2, -0.15) is 0 Å². The first kappa shape index (κ1) is 11.8. The number of pyridine rings is 1. The third-order valence-electron chi connectivity index (χ3n) is 3.01. The summed E-state index contributed by atoms with van der Waals surface area (Å²) < 4.78 is 19.7. The van der Waals surface area contributed by atoms with Gasteiger partial charge in [-0.05, 0) is 48.0 Å². The largest absolute Gasteiger partial charge is 0.487 e. The van der Waals surface area contributed by atoms with Gasteiger partial charge in [0.15, 0.2) is 5.75 Å². The van der Waals surface area contributed by atoms with E-state index < -0.39 is 0 Å². The van der Waals surface area contributed by atoms with Crippen LogP contribution in [-0.4, -0.2) is 11.1 Å². The molecule has 0 N–H and O–H groups in total. The summed E-state index contributed by atoms with van der Waals surface area (Å²) >= 11 is 3.30. The maximum absolute atomic E-state index is 13.3. The van der Waals surface area contributed by atoms with Crippen molar-refractivity contribution >= 4 is 15.9 Å². The molecule has 1 aromatic heterocycles. The minimum atomic E-state index is -0.316. The minimum absolute atomic E-state index is 0.204. The zero-order valence-electron chi connectivity index (χ0n) is 9.46. The summed E-state index contributed by atoms with van der Waals surface area (Å²) in [5.74, 6) is 0.901. The van der Waals surface area contributed by atoms with Crippen LogP contribution >= 0.6 is 15.9 Å². The van der Waals surface area contributed by atoms with Crippen molar-refractivity contribution in [2.75, 3.05) is 0 Å². The second-order valence-electron chi connectivity index (χ2n) is 4.50. The zero-order valence-corrected chi connectivity index (χ0v) is 11.1. The molecule has 2 nitrogen and oxygen atoms in total. The van der Waals surface area contributed by atoms with E-state index in [2.05, 4.69) is 27.8 Å². The maximum Gasteiger partial charge on any atom is 0.155 e. The van der Waals surface area contributed by atoms with Crippen molar-refractivity contribution in [3.05, 3.63) is 22.2 Å². The third-order valence-corrected chi connectivity index (χ3v) is 3.58. The van der Waals surface area contributed by atoms with Gasteiger partial charge in [-0.25, -0.2) is 9.37 Å². The maximum atomic E-state index is 13.3. The first-order chi connectivity index (χ1) is 7.56. The van der Waals surface area contributed by atoms with Gasteiger partial charge in [0.05, 0.1) is 11.8 Å². The fraction of sp³-hybridized carbons (Fsp3) is 0.583. The summed E-state index contributed by atoms with van der Waals surface area (Å²) in [4.78, 5) is 4.05. The SMILES string of the molecule is Cc1nc(Br)c(O[C@@H]2CC[C@H](C)C2)cc1F. The Morgan fingerprint density at radius 3 is 2.88 bits per heavy atom. The van der Waals surface area contributed by atoms with Crippen LogP contribution in [0.4, 0.5) is 4.39 Å². The Morgan fingerprint density at radius 2 is 2.25 bits per heavy atom. The van der Waals surface area contributed by atoms with Crippen LogP contribution in [-0.2, 0) is 0 Å². The van der Waals surface area contributed by atoms with Crippen LogP contribution in [0.1, 0.15) is 31.9 Å². The third kappa shape index (κ3) is 2.54. The lowest BCUT2D eigenvalue weighted by molar-refractivity contribution is 0.202. The van der Waals surface area contributed by atoms with Crippen LogP contribution < -0.4 is 4.74 Å². The second kappa shape index (κ2) is 4.70. The molecular formula is C12H15BrFNO. The molecule has 0 saturated heterocycles. The Bertz CT molecular complexity index is 397. The lowest BCUT2D eigenvalue weighted by Gasteiger charge is -2.14. The van der Waals surface area contributed by atoms with E-state index in [9.17, 15) is 4.39 Å². The van der Waals surface area contributed by atoms with Crippen molar-refractivity contribution in [3.63, 3.8) is 0 Å². The predicted molar refractivity (Wildman–Crippen MR) is 64.1 cm³/mol. The van der Waals surface area contributed by atoms with Crippen molar-refractivity contribution in [3.8, 4) is 5.75 Å². The summed E-state index contributed by atoms with van der Waals surface area (Å²) in [6.45, 7) is 3.86. The number of hydrogen-bond donors (Lipinski definition) is 0. The Balaban J connectivity index is 2.12. The summed E-state index contributed by atoms with van der Waals surface area (Å²) in [7, 11) is 0. The first-order valence-electron chi connectivity index (χ1n) is 5.55. The summed E-state index contributed by atoms with van der Waals surface area (Å²) in [5.41, 5.74) is 0.388. The van der Waals surface area contributed by atoms with Crippen LogP contribution in [0.2, 0.25) is 0 Å². The lowest BCUT2D eigenvalue weighted by Crippen LogP contribution is -2.12. The molecule has 2 atom stereocenters. The normalized spacial score (nSPS) is 24.8. The molecule has 0 aliphatic heterocycles. The van der Waals surface area contributed by atoms with Crippen molar-refractivity contribution in [1.29, 1.82) is 0 Å². The van der Waals surface area contributed by atoms with Gasteiger partial charge in [-0.15, -0.1) is 0 Å². The number of ether oxygens (including phenoxy) is 1. The highest BCUT2D eigenvalue weighted by atomic mass is 79.9. The molecular weight excluding hydrogens is 273 g/mol. The summed E-state index contributed by atoms with van der Waals surface area (Å²) in [6.07, 6.45) is 3.48. The van der Waals surface area contributed by atoms with Gasteiger partial charge in [0.1, 0.15) is 10.4 Å². The van der Waals surface area contributed by atoms with E-state index in [0.717, 1.165) is 12.8 Å². The van der Waals surface area contributed by atoms with E-state index in [1.807, 2.05) is 0 Å². The van der Waals surface area contributed by atoms with Gasteiger partial charge >= 0.3 is 0 Å². The number of halogens is 2.